The molecular formula is C21H24N4O4S. The van der Waals surface area contributed by atoms with Crippen LogP contribution in [0.15, 0.2) is 47.5 Å². The monoisotopic (exact) mass is 428 g/mol. The molecule has 1 aromatic heterocycles. The Kier molecular flexibility index (Phi) is 7.29. The molecule has 0 radical (unpaired) electrons. The van der Waals surface area contributed by atoms with Gasteiger partial charge in [0.25, 0.3) is 5.91 Å². The summed E-state index contributed by atoms with van der Waals surface area (Å²) in [5, 5.41) is 2.72. The molecule has 0 saturated carbocycles. The normalized spacial score (nSPS) is 14.2. The zero-order chi connectivity index (χ0) is 21.5. The first-order valence-corrected chi connectivity index (χ1v) is 10.8. The van der Waals surface area contributed by atoms with Gasteiger partial charge < -0.3 is 20.7 Å². The second kappa shape index (κ2) is 10.1. The summed E-state index contributed by atoms with van der Waals surface area (Å²) in [5.74, 6) is -0.758. The van der Waals surface area contributed by atoms with Gasteiger partial charge in [0, 0.05) is 29.9 Å². The average Bonchev–Trinajstić information content (AvgIpc) is 2.78. The Morgan fingerprint density at radius 3 is 2.43 bits per heavy atom. The van der Waals surface area contributed by atoms with Crippen molar-refractivity contribution in [3.8, 4) is 0 Å². The molecule has 2 amide bonds. The van der Waals surface area contributed by atoms with Gasteiger partial charge in [0.05, 0.1) is 11.5 Å². The van der Waals surface area contributed by atoms with Gasteiger partial charge in [-0.2, -0.15) is 0 Å². The number of hydrogen-bond acceptors (Lipinski definition) is 7. The third kappa shape index (κ3) is 5.73. The zero-order valence-corrected chi connectivity index (χ0v) is 17.5. The molecule has 158 valence electrons. The fourth-order valence-electron chi connectivity index (χ4n) is 3.19. The highest BCUT2D eigenvalue weighted by Gasteiger charge is 2.27. The highest BCUT2D eigenvalue weighted by atomic mass is 32.2. The van der Waals surface area contributed by atoms with Crippen LogP contribution in [0.3, 0.4) is 0 Å². The molecule has 3 N–H and O–H groups in total. The first-order valence-electron chi connectivity index (χ1n) is 9.57. The number of piperidine rings is 1. The summed E-state index contributed by atoms with van der Waals surface area (Å²) in [6.07, 6.45) is 4.64. The molecule has 0 bridgehead atoms. The Morgan fingerprint density at radius 2 is 1.87 bits per heavy atom. The number of amides is 2. The molecule has 1 aliphatic heterocycles. The number of nitrogens with two attached hydrogens (primary N) is 1. The number of benzene rings is 1. The second-order valence-electron chi connectivity index (χ2n) is 6.92. The van der Waals surface area contributed by atoms with Crippen LogP contribution in [-0.2, 0) is 14.3 Å². The molecule has 8 nitrogen and oxygen atoms in total. The number of ether oxygens (including phenoxy) is 1. The maximum Gasteiger partial charge on any atom is 0.309 e. The van der Waals surface area contributed by atoms with Crippen molar-refractivity contribution < 1.29 is 19.1 Å². The third-order valence-electron chi connectivity index (χ3n) is 4.90. The van der Waals surface area contributed by atoms with Crippen molar-refractivity contribution in [3.63, 3.8) is 0 Å². The number of aromatic nitrogens is 1. The first-order chi connectivity index (χ1) is 14.5. The molecule has 2 heterocycles. The van der Waals surface area contributed by atoms with Crippen LogP contribution in [0.25, 0.3) is 0 Å². The van der Waals surface area contributed by atoms with Crippen molar-refractivity contribution in [1.82, 2.24) is 4.98 Å². The van der Waals surface area contributed by atoms with E-state index in [1.54, 1.807) is 23.9 Å². The smallest absolute Gasteiger partial charge is 0.309 e. The summed E-state index contributed by atoms with van der Waals surface area (Å²) < 4.78 is 5.20. The molecular weight excluding hydrogens is 404 g/mol. The van der Waals surface area contributed by atoms with Crippen molar-refractivity contribution in [1.29, 1.82) is 0 Å². The van der Waals surface area contributed by atoms with E-state index in [2.05, 4.69) is 10.3 Å². The quantitative estimate of drug-likeness (QED) is 0.514. The lowest BCUT2D eigenvalue weighted by atomic mass is 9.97. The number of carbonyl (C=O) groups excluding carboxylic acids is 3. The number of anilines is 2. The lowest BCUT2D eigenvalue weighted by molar-refractivity contribution is -0.152. The molecule has 30 heavy (non-hydrogen) atoms. The molecule has 1 aromatic carbocycles. The van der Waals surface area contributed by atoms with E-state index < -0.39 is 5.91 Å². The summed E-state index contributed by atoms with van der Waals surface area (Å²) in [6, 6.07) is 10.8. The van der Waals surface area contributed by atoms with Crippen molar-refractivity contribution in [2.45, 2.75) is 17.7 Å². The van der Waals surface area contributed by atoms with Crippen LogP contribution in [0.1, 0.15) is 23.2 Å². The SMILES string of the molecule is CSc1ccc(NC(=O)COC(=O)C2CCN(c3ccc(C(N)=O)cn3)CC2)cc1. The minimum Gasteiger partial charge on any atom is -0.455 e. The summed E-state index contributed by atoms with van der Waals surface area (Å²) in [7, 11) is 0. The first kappa shape index (κ1) is 21.6. The van der Waals surface area contributed by atoms with Gasteiger partial charge in [0.2, 0.25) is 5.91 Å². The number of thioether (sulfide) groups is 1. The third-order valence-corrected chi connectivity index (χ3v) is 5.65. The van der Waals surface area contributed by atoms with Crippen molar-refractivity contribution >= 4 is 41.1 Å². The minimum atomic E-state index is -0.517. The van der Waals surface area contributed by atoms with Gasteiger partial charge in [0.15, 0.2) is 6.61 Å². The Labute approximate surface area is 179 Å². The van der Waals surface area contributed by atoms with E-state index in [0.717, 1.165) is 10.7 Å². The Hall–Kier alpha value is -3.07. The van der Waals surface area contributed by atoms with E-state index >= 15 is 0 Å². The number of nitrogens with zero attached hydrogens (tertiary/aromatic N) is 2. The number of hydrogen-bond donors (Lipinski definition) is 2. The molecule has 1 saturated heterocycles. The van der Waals surface area contributed by atoms with Crippen molar-refractivity contribution in [2.75, 3.05) is 36.2 Å². The summed E-state index contributed by atoms with van der Waals surface area (Å²) >= 11 is 1.62. The van der Waals surface area contributed by atoms with Crippen molar-refractivity contribution in [2.24, 2.45) is 11.7 Å². The fraction of sp³-hybridized carbons (Fsp3) is 0.333. The van der Waals surface area contributed by atoms with E-state index in [0.29, 0.717) is 37.2 Å². The topological polar surface area (TPSA) is 115 Å². The van der Waals surface area contributed by atoms with E-state index in [-0.39, 0.29) is 24.4 Å². The number of esters is 1. The summed E-state index contributed by atoms with van der Waals surface area (Å²) in [4.78, 5) is 42.9. The van der Waals surface area contributed by atoms with Gasteiger partial charge in [-0.05, 0) is 55.5 Å². The van der Waals surface area contributed by atoms with Crippen LogP contribution >= 0.6 is 11.8 Å². The zero-order valence-electron chi connectivity index (χ0n) is 16.7. The molecule has 3 rings (SSSR count). The van der Waals surface area contributed by atoms with E-state index in [4.69, 9.17) is 10.5 Å². The van der Waals surface area contributed by atoms with Gasteiger partial charge in [-0.3, -0.25) is 14.4 Å². The number of nitrogens with one attached hydrogen (secondary N) is 1. The summed E-state index contributed by atoms with van der Waals surface area (Å²) in [6.45, 7) is 0.965. The Bertz CT molecular complexity index is 894. The van der Waals surface area contributed by atoms with E-state index in [1.165, 1.54) is 6.20 Å². The van der Waals surface area contributed by atoms with Crippen LogP contribution < -0.4 is 16.0 Å². The van der Waals surface area contributed by atoms with Crippen LogP contribution in [0, 0.1) is 5.92 Å². The standard InChI is InChI=1S/C21H24N4O4S/c1-30-17-5-3-16(4-6-17)24-19(26)13-29-21(28)14-8-10-25(11-9-14)18-7-2-15(12-23-18)20(22)27/h2-7,12,14H,8-11,13H2,1H3,(H2,22,27)(H,24,26). The van der Waals surface area contributed by atoms with Crippen LogP contribution in [0.2, 0.25) is 0 Å². The van der Waals surface area contributed by atoms with Crippen LogP contribution in [-0.4, -0.2) is 48.7 Å². The number of rotatable bonds is 7. The lowest BCUT2D eigenvalue weighted by Crippen LogP contribution is -2.38. The molecule has 1 aliphatic rings. The second-order valence-corrected chi connectivity index (χ2v) is 7.79. The number of pyridine rings is 1. The fourth-order valence-corrected chi connectivity index (χ4v) is 3.60. The van der Waals surface area contributed by atoms with E-state index in [1.807, 2.05) is 35.4 Å². The molecule has 0 aliphatic carbocycles. The van der Waals surface area contributed by atoms with Gasteiger partial charge in [-0.1, -0.05) is 0 Å². The highest BCUT2D eigenvalue weighted by molar-refractivity contribution is 7.98. The Morgan fingerprint density at radius 1 is 1.17 bits per heavy atom. The largest absolute Gasteiger partial charge is 0.455 e. The minimum absolute atomic E-state index is 0.250. The molecule has 9 heteroatoms. The van der Waals surface area contributed by atoms with Gasteiger partial charge >= 0.3 is 5.97 Å². The maximum absolute atomic E-state index is 12.3. The van der Waals surface area contributed by atoms with Crippen LogP contribution in [0.4, 0.5) is 11.5 Å². The Balaban J connectivity index is 1.42. The summed E-state index contributed by atoms with van der Waals surface area (Å²) in [5.41, 5.74) is 6.25. The van der Waals surface area contributed by atoms with Gasteiger partial charge in [0.1, 0.15) is 5.82 Å². The van der Waals surface area contributed by atoms with Gasteiger partial charge in [-0.25, -0.2) is 4.98 Å². The molecule has 0 spiro atoms. The maximum atomic E-state index is 12.3. The highest BCUT2D eigenvalue weighted by Crippen LogP contribution is 2.23. The van der Waals surface area contributed by atoms with Crippen molar-refractivity contribution in [3.05, 3.63) is 48.2 Å². The molecule has 0 atom stereocenters. The van der Waals surface area contributed by atoms with Gasteiger partial charge in [-0.15, -0.1) is 11.8 Å². The number of primary amides is 1. The predicted octanol–water partition coefficient (Wildman–Crippen LogP) is 2.30. The molecule has 1 fully saturated rings. The van der Waals surface area contributed by atoms with Crippen LogP contribution in [0.5, 0.6) is 0 Å². The van der Waals surface area contributed by atoms with E-state index in [9.17, 15) is 14.4 Å². The lowest BCUT2D eigenvalue weighted by Gasteiger charge is -2.31. The average molecular weight is 429 g/mol. The predicted molar refractivity (Wildman–Crippen MR) is 116 cm³/mol. The number of carbonyl (C=O) groups is 3. The molecule has 0 unspecified atom stereocenters. The molecule has 2 aromatic rings.